The average Bonchev–Trinajstić information content (AvgIpc) is 0.825. The van der Waals surface area contributed by atoms with Crippen molar-refractivity contribution >= 4 is 11.9 Å². The van der Waals surface area contributed by atoms with Gasteiger partial charge in [0, 0.05) is 12.8 Å². The summed E-state index contributed by atoms with van der Waals surface area (Å²) in [5.41, 5.74) is 0. The highest BCUT2D eigenvalue weighted by Crippen LogP contribution is 2.24. The Morgan fingerprint density at radius 1 is 0.374 bits per heavy atom. The van der Waals surface area contributed by atoms with Crippen LogP contribution in [0.25, 0.3) is 0 Å². The van der Waals surface area contributed by atoms with Gasteiger partial charge in [-0.25, -0.2) is 0 Å². The molecule has 0 aromatic carbocycles. The highest BCUT2D eigenvalue weighted by Gasteiger charge is 2.44. The summed E-state index contributed by atoms with van der Waals surface area (Å²) in [6, 6.07) is -0.808. The van der Waals surface area contributed by atoms with Gasteiger partial charge in [-0.05, 0) is 64.2 Å². The van der Waals surface area contributed by atoms with Crippen molar-refractivity contribution < 1.29 is 49.3 Å². The number of esters is 1. The largest absolute Gasteiger partial charge is 0.466 e. The van der Waals surface area contributed by atoms with Crippen LogP contribution in [-0.2, 0) is 23.8 Å². The number of unbranched alkanes of at least 4 members (excludes halogenated alkanes) is 61. The maximum Gasteiger partial charge on any atom is 0.305 e. The van der Waals surface area contributed by atoms with Gasteiger partial charge in [0.15, 0.2) is 6.29 Å². The highest BCUT2D eigenvalue weighted by molar-refractivity contribution is 5.76. The lowest BCUT2D eigenvalue weighted by atomic mass is 9.99. The molecule has 1 fully saturated rings. The summed E-state index contributed by atoms with van der Waals surface area (Å²) in [6.07, 6.45) is 92.0. The summed E-state index contributed by atoms with van der Waals surface area (Å²) in [7, 11) is 0. The van der Waals surface area contributed by atoms with E-state index in [0.29, 0.717) is 19.4 Å². The van der Waals surface area contributed by atoms with Crippen LogP contribution < -0.4 is 5.32 Å². The van der Waals surface area contributed by atoms with Gasteiger partial charge < -0.3 is 45.1 Å². The molecule has 0 aliphatic carbocycles. The van der Waals surface area contributed by atoms with Crippen LogP contribution in [0.1, 0.15) is 450 Å². The van der Waals surface area contributed by atoms with Gasteiger partial charge >= 0.3 is 5.97 Å². The summed E-state index contributed by atoms with van der Waals surface area (Å²) in [5, 5.41) is 54.7. The van der Waals surface area contributed by atoms with E-state index < -0.39 is 49.5 Å². The standard InChI is InChI=1S/C88H167NO10/c1-3-5-7-9-11-13-15-17-19-20-45-48-52-56-60-64-68-72-76-84(93)97-77-73-69-65-61-57-53-49-46-43-41-39-37-35-33-31-29-27-25-23-21-22-24-26-28-30-32-34-36-38-40-42-44-47-51-55-59-63-67-71-75-83(92)89-80(79-98-88-87(96)86(95)85(94)82(78-90)99-88)81(91)74-70-66-62-58-54-50-18-16-14-12-10-8-6-4-2/h21-22,25,27,70,74,80-82,85-88,90-91,94-96H,3-20,23-24,26,28-69,71-73,75-79H2,1-2H3,(H,89,92)/b22-21-,27-25-,74-70+. The zero-order valence-corrected chi connectivity index (χ0v) is 65.5. The van der Waals surface area contributed by atoms with E-state index >= 15 is 0 Å². The first-order valence-electron chi connectivity index (χ1n) is 43.8. The van der Waals surface area contributed by atoms with E-state index in [1.54, 1.807) is 6.08 Å². The second-order valence-electron chi connectivity index (χ2n) is 30.6. The zero-order chi connectivity index (χ0) is 71.5. The van der Waals surface area contributed by atoms with Crippen molar-refractivity contribution in [2.75, 3.05) is 19.8 Å². The SMILES string of the molecule is CCCCCCCCCCCCCC/C=C/C(O)C(COC1OC(CO)C(O)C(O)C1O)NC(=O)CCCCCCCCCCCCCCCCCCC/C=C\C/C=C\CCCCCCCCCCCCCCCCCOC(=O)CCCCCCCCCCCCCCCCCCCC. The Bertz CT molecular complexity index is 1740. The van der Waals surface area contributed by atoms with Gasteiger partial charge in [0.2, 0.25) is 5.91 Å². The molecule has 7 unspecified atom stereocenters. The van der Waals surface area contributed by atoms with Crippen LogP contribution in [0, 0.1) is 0 Å². The normalized spacial score (nSPS) is 17.3. The van der Waals surface area contributed by atoms with Gasteiger partial charge in [0.05, 0.1) is 32.0 Å². The van der Waals surface area contributed by atoms with Crippen molar-refractivity contribution in [2.45, 2.75) is 493 Å². The topological polar surface area (TPSA) is 175 Å². The fraction of sp³-hybridized carbons (Fsp3) is 0.909. The number of carbonyl (C=O) groups excluding carboxylic acids is 2. The molecule has 11 heteroatoms. The fourth-order valence-electron chi connectivity index (χ4n) is 14.2. The van der Waals surface area contributed by atoms with E-state index in [1.807, 2.05) is 6.08 Å². The van der Waals surface area contributed by atoms with E-state index in [0.717, 1.165) is 57.8 Å². The van der Waals surface area contributed by atoms with Crippen LogP contribution in [0.15, 0.2) is 36.5 Å². The van der Waals surface area contributed by atoms with Gasteiger partial charge in [-0.15, -0.1) is 0 Å². The summed E-state index contributed by atoms with van der Waals surface area (Å²) in [4.78, 5) is 25.2. The van der Waals surface area contributed by atoms with Gasteiger partial charge in [-0.2, -0.15) is 0 Å². The summed E-state index contributed by atoms with van der Waals surface area (Å²) in [5.74, 6) is -0.155. The number of ether oxygens (including phenoxy) is 3. The quantitative estimate of drug-likeness (QED) is 0.0195. The van der Waals surface area contributed by atoms with Gasteiger partial charge in [-0.1, -0.05) is 410 Å². The van der Waals surface area contributed by atoms with Gasteiger partial charge in [-0.3, -0.25) is 9.59 Å². The number of nitrogens with one attached hydrogen (secondary N) is 1. The van der Waals surface area contributed by atoms with Crippen molar-refractivity contribution in [1.29, 1.82) is 0 Å². The predicted molar refractivity (Wildman–Crippen MR) is 421 cm³/mol. The smallest absolute Gasteiger partial charge is 0.305 e. The maximum atomic E-state index is 13.1. The van der Waals surface area contributed by atoms with Crippen LogP contribution in [0.4, 0.5) is 0 Å². The minimum atomic E-state index is -1.57. The van der Waals surface area contributed by atoms with E-state index in [9.17, 15) is 35.1 Å². The molecule has 0 aromatic heterocycles. The van der Waals surface area contributed by atoms with Crippen molar-refractivity contribution in [3.63, 3.8) is 0 Å². The van der Waals surface area contributed by atoms with E-state index in [4.69, 9.17) is 14.2 Å². The third-order valence-corrected chi connectivity index (χ3v) is 21.0. The second kappa shape index (κ2) is 77.0. The molecule has 99 heavy (non-hydrogen) atoms. The van der Waals surface area contributed by atoms with Gasteiger partial charge in [0.25, 0.3) is 0 Å². The van der Waals surface area contributed by atoms with Crippen LogP contribution in [0.3, 0.4) is 0 Å². The second-order valence-corrected chi connectivity index (χ2v) is 30.6. The Hall–Kier alpha value is -2.12. The number of allylic oxidation sites excluding steroid dienone is 5. The molecule has 1 amide bonds. The lowest BCUT2D eigenvalue weighted by Crippen LogP contribution is -2.60. The molecule has 0 aromatic rings. The molecule has 11 nitrogen and oxygen atoms in total. The number of aliphatic hydroxyl groups is 5. The van der Waals surface area contributed by atoms with Crippen molar-refractivity contribution in [1.82, 2.24) is 5.32 Å². The Balaban J connectivity index is 1.88. The minimum absolute atomic E-state index is 0.0200. The number of hydrogen-bond acceptors (Lipinski definition) is 10. The Morgan fingerprint density at radius 3 is 1.02 bits per heavy atom. The summed E-state index contributed by atoms with van der Waals surface area (Å²) in [6.45, 7) is 4.42. The maximum absolute atomic E-state index is 13.1. The number of aliphatic hydroxyl groups excluding tert-OH is 5. The molecule has 1 heterocycles. The van der Waals surface area contributed by atoms with E-state index in [1.165, 1.54) is 366 Å². The molecule has 1 rings (SSSR count). The molecular formula is C88H167NO10. The molecule has 6 N–H and O–H groups in total. The molecule has 1 aliphatic rings. The Kier molecular flexibility index (Phi) is 73.8. The molecule has 7 atom stereocenters. The van der Waals surface area contributed by atoms with E-state index in [-0.39, 0.29) is 18.5 Å². The van der Waals surface area contributed by atoms with Crippen molar-refractivity contribution in [3.8, 4) is 0 Å². The van der Waals surface area contributed by atoms with Gasteiger partial charge in [0.1, 0.15) is 24.4 Å². The zero-order valence-electron chi connectivity index (χ0n) is 65.5. The van der Waals surface area contributed by atoms with Crippen LogP contribution in [-0.4, -0.2) is 100 Å². The number of hydrogen-bond donors (Lipinski definition) is 6. The Morgan fingerprint density at radius 2 is 0.677 bits per heavy atom. The van der Waals surface area contributed by atoms with Crippen molar-refractivity contribution in [2.24, 2.45) is 0 Å². The summed E-state index contributed by atoms with van der Waals surface area (Å²) >= 11 is 0. The van der Waals surface area contributed by atoms with Crippen LogP contribution >= 0.6 is 0 Å². The first-order valence-corrected chi connectivity index (χ1v) is 43.8. The first-order chi connectivity index (χ1) is 48.7. The highest BCUT2D eigenvalue weighted by atomic mass is 16.7. The minimum Gasteiger partial charge on any atom is -0.466 e. The molecule has 0 saturated carbocycles. The molecule has 0 spiro atoms. The number of rotatable bonds is 79. The molecule has 1 aliphatic heterocycles. The molecule has 584 valence electrons. The number of carbonyl (C=O) groups is 2. The Labute approximate surface area is 613 Å². The van der Waals surface area contributed by atoms with Crippen LogP contribution in [0.5, 0.6) is 0 Å². The molecular weight excluding hydrogens is 1230 g/mol. The summed E-state index contributed by atoms with van der Waals surface area (Å²) < 4.78 is 16.8. The molecule has 0 bridgehead atoms. The average molecular weight is 1400 g/mol. The third kappa shape index (κ3) is 65.2. The van der Waals surface area contributed by atoms with Crippen molar-refractivity contribution in [3.05, 3.63) is 36.5 Å². The van der Waals surface area contributed by atoms with Crippen LogP contribution in [0.2, 0.25) is 0 Å². The predicted octanol–water partition coefficient (Wildman–Crippen LogP) is 24.4. The number of amides is 1. The monoisotopic (exact) mass is 1400 g/mol. The third-order valence-electron chi connectivity index (χ3n) is 21.0. The molecule has 1 saturated heterocycles. The lowest BCUT2D eigenvalue weighted by molar-refractivity contribution is -0.302. The first kappa shape index (κ1) is 94.9. The van der Waals surface area contributed by atoms with E-state index in [2.05, 4.69) is 43.5 Å². The lowest BCUT2D eigenvalue weighted by Gasteiger charge is -2.40. The fourth-order valence-corrected chi connectivity index (χ4v) is 14.2. The molecule has 0 radical (unpaired) electrons.